The van der Waals surface area contributed by atoms with Gasteiger partial charge in [-0.25, -0.2) is 0 Å². The zero-order chi connectivity index (χ0) is 24.4. The molecule has 0 radical (unpaired) electrons. The fourth-order valence-corrected chi connectivity index (χ4v) is 2.39. The smallest absolute Gasteiger partial charge is 0.119 e. The van der Waals surface area contributed by atoms with Gasteiger partial charge in [0, 0.05) is 5.69 Å². The second-order valence-corrected chi connectivity index (χ2v) is 6.74. The van der Waals surface area contributed by atoms with Crippen LogP contribution in [0.5, 0.6) is 5.75 Å². The number of nitrogens with two attached hydrogens (primary N) is 1. The number of hydrogen-bond acceptors (Lipinski definition) is 10. The van der Waals surface area contributed by atoms with E-state index in [-0.39, 0.29) is 0 Å². The lowest BCUT2D eigenvalue weighted by molar-refractivity contribution is -0.0222. The van der Waals surface area contributed by atoms with Gasteiger partial charge in [-0.2, -0.15) is 0 Å². The Balaban J connectivity index is 1.66. The highest BCUT2D eigenvalue weighted by Gasteiger charge is 1.96. The van der Waals surface area contributed by atoms with Crippen LogP contribution >= 0.6 is 0 Å². The summed E-state index contributed by atoms with van der Waals surface area (Å²) >= 11 is 0. The van der Waals surface area contributed by atoms with E-state index in [9.17, 15) is 0 Å². The molecule has 10 heteroatoms. The molecular weight excluding hydrogens is 446 g/mol. The molecule has 0 amide bonds. The summed E-state index contributed by atoms with van der Waals surface area (Å²) in [5.74, 6) is 0.775. The molecule has 1 rings (SSSR count). The minimum Gasteiger partial charge on any atom is -0.499 e. The van der Waals surface area contributed by atoms with E-state index in [0.29, 0.717) is 111 Å². The molecule has 0 aliphatic rings. The third-order valence-electron chi connectivity index (χ3n) is 4.07. The predicted molar refractivity (Wildman–Crippen MR) is 128 cm³/mol. The molecule has 0 atom stereocenters. The Morgan fingerprint density at radius 1 is 0.500 bits per heavy atom. The van der Waals surface area contributed by atoms with E-state index in [1.807, 2.05) is 12.1 Å². The first-order valence-corrected chi connectivity index (χ1v) is 11.6. The van der Waals surface area contributed by atoms with Gasteiger partial charge in [-0.05, 0) is 24.3 Å². The van der Waals surface area contributed by atoms with Gasteiger partial charge in [-0.3, -0.25) is 0 Å². The van der Waals surface area contributed by atoms with Crippen molar-refractivity contribution in [2.24, 2.45) is 0 Å². The van der Waals surface area contributed by atoms with Gasteiger partial charge in [0.1, 0.15) is 19.0 Å². The van der Waals surface area contributed by atoms with Crippen molar-refractivity contribution in [2.75, 3.05) is 111 Å². The molecule has 34 heavy (non-hydrogen) atoms. The lowest BCUT2D eigenvalue weighted by atomic mass is 10.3. The van der Waals surface area contributed by atoms with Gasteiger partial charge in [-0.1, -0.05) is 6.58 Å². The van der Waals surface area contributed by atoms with Crippen LogP contribution in [0.3, 0.4) is 0 Å². The monoisotopic (exact) mass is 487 g/mol. The fraction of sp³-hybridized carbons (Fsp3) is 0.667. The van der Waals surface area contributed by atoms with Gasteiger partial charge in [0.25, 0.3) is 0 Å². The molecule has 0 spiro atoms. The molecule has 10 nitrogen and oxygen atoms in total. The van der Waals surface area contributed by atoms with Crippen LogP contribution < -0.4 is 10.5 Å². The summed E-state index contributed by atoms with van der Waals surface area (Å²) in [6.45, 7) is 11.7. The SMILES string of the molecule is C=COCCOCCOCCOCCOCCOCCOCCOCCOc1ccc(N)cc1. The third-order valence-corrected chi connectivity index (χ3v) is 4.07. The molecule has 2 N–H and O–H groups in total. The van der Waals surface area contributed by atoms with E-state index in [2.05, 4.69) is 6.58 Å². The standard InChI is InChI=1S/C24H41NO9/c1-2-26-7-8-27-9-10-28-11-12-29-13-14-30-15-16-31-17-18-32-19-20-33-21-22-34-24-5-3-23(25)4-6-24/h2-6H,1,7-22,25H2. The van der Waals surface area contributed by atoms with E-state index in [4.69, 9.17) is 48.4 Å². The molecule has 0 aromatic heterocycles. The highest BCUT2D eigenvalue weighted by molar-refractivity contribution is 5.41. The number of hydrogen-bond donors (Lipinski definition) is 1. The lowest BCUT2D eigenvalue weighted by Crippen LogP contribution is -2.15. The zero-order valence-corrected chi connectivity index (χ0v) is 20.2. The first-order chi connectivity index (χ1) is 16.8. The van der Waals surface area contributed by atoms with Crippen LogP contribution in [-0.2, 0) is 37.9 Å². The average Bonchev–Trinajstić information content (AvgIpc) is 2.85. The van der Waals surface area contributed by atoms with Crippen LogP contribution in [0.2, 0.25) is 0 Å². The summed E-state index contributed by atoms with van der Waals surface area (Å²) in [6.07, 6.45) is 1.40. The molecular formula is C24H41NO9. The number of ether oxygens (including phenoxy) is 9. The summed E-state index contributed by atoms with van der Waals surface area (Å²) in [5, 5.41) is 0. The van der Waals surface area contributed by atoms with Gasteiger partial charge in [0.05, 0.1) is 98.8 Å². The summed E-state index contributed by atoms with van der Waals surface area (Å²) in [7, 11) is 0. The van der Waals surface area contributed by atoms with E-state index < -0.39 is 0 Å². The Labute approximate surface area is 203 Å². The maximum Gasteiger partial charge on any atom is 0.119 e. The van der Waals surface area contributed by atoms with Crippen molar-refractivity contribution in [3.8, 4) is 5.75 Å². The molecule has 1 aromatic carbocycles. The molecule has 0 fully saturated rings. The Morgan fingerprint density at radius 2 is 0.824 bits per heavy atom. The molecule has 0 saturated carbocycles. The van der Waals surface area contributed by atoms with Crippen molar-refractivity contribution in [3.05, 3.63) is 37.1 Å². The summed E-state index contributed by atoms with van der Waals surface area (Å²) in [6, 6.07) is 7.26. The molecule has 0 saturated heterocycles. The maximum absolute atomic E-state index is 5.62. The number of anilines is 1. The first-order valence-electron chi connectivity index (χ1n) is 11.6. The molecule has 1 aromatic rings. The van der Waals surface area contributed by atoms with Crippen LogP contribution in [0.4, 0.5) is 5.69 Å². The summed E-state index contributed by atoms with van der Waals surface area (Å²) in [5.41, 5.74) is 6.34. The Bertz CT molecular complexity index is 560. The van der Waals surface area contributed by atoms with E-state index in [1.54, 1.807) is 12.1 Å². The van der Waals surface area contributed by atoms with Crippen LogP contribution in [0.1, 0.15) is 0 Å². The molecule has 0 bridgehead atoms. The summed E-state index contributed by atoms with van der Waals surface area (Å²) < 4.78 is 48.4. The average molecular weight is 488 g/mol. The normalized spacial score (nSPS) is 10.9. The number of benzene rings is 1. The highest BCUT2D eigenvalue weighted by Crippen LogP contribution is 2.12. The van der Waals surface area contributed by atoms with Crippen LogP contribution in [0.15, 0.2) is 37.1 Å². The van der Waals surface area contributed by atoms with Crippen molar-refractivity contribution >= 4 is 5.69 Å². The van der Waals surface area contributed by atoms with Crippen LogP contribution in [-0.4, -0.2) is 106 Å². The molecule has 0 aliphatic heterocycles. The fourth-order valence-electron chi connectivity index (χ4n) is 2.39. The summed E-state index contributed by atoms with van der Waals surface area (Å²) in [4.78, 5) is 0. The Morgan fingerprint density at radius 3 is 1.18 bits per heavy atom. The molecule has 0 heterocycles. The van der Waals surface area contributed by atoms with Gasteiger partial charge in [-0.15, -0.1) is 0 Å². The quantitative estimate of drug-likeness (QED) is 0.118. The van der Waals surface area contributed by atoms with Crippen molar-refractivity contribution in [2.45, 2.75) is 0 Å². The Kier molecular flexibility index (Phi) is 21.4. The largest absolute Gasteiger partial charge is 0.499 e. The molecule has 196 valence electrons. The van der Waals surface area contributed by atoms with Gasteiger partial charge in [0.15, 0.2) is 0 Å². The third kappa shape index (κ3) is 20.7. The minimum atomic E-state index is 0.481. The van der Waals surface area contributed by atoms with Crippen molar-refractivity contribution < 1.29 is 42.6 Å². The second kappa shape index (κ2) is 24.2. The van der Waals surface area contributed by atoms with Gasteiger partial charge < -0.3 is 48.4 Å². The van der Waals surface area contributed by atoms with Crippen LogP contribution in [0.25, 0.3) is 0 Å². The minimum absolute atomic E-state index is 0.481. The van der Waals surface area contributed by atoms with Crippen molar-refractivity contribution in [1.29, 1.82) is 0 Å². The van der Waals surface area contributed by atoms with E-state index in [1.165, 1.54) is 6.26 Å². The Hall–Kier alpha value is -1.92. The van der Waals surface area contributed by atoms with Crippen LogP contribution in [0, 0.1) is 0 Å². The topological polar surface area (TPSA) is 109 Å². The van der Waals surface area contributed by atoms with E-state index in [0.717, 1.165) is 5.75 Å². The molecule has 0 unspecified atom stereocenters. The lowest BCUT2D eigenvalue weighted by Gasteiger charge is -2.09. The zero-order valence-electron chi connectivity index (χ0n) is 20.2. The number of rotatable bonds is 26. The van der Waals surface area contributed by atoms with Crippen molar-refractivity contribution in [1.82, 2.24) is 0 Å². The highest BCUT2D eigenvalue weighted by atomic mass is 16.6. The maximum atomic E-state index is 5.62. The number of nitrogen functional groups attached to an aromatic ring is 1. The first kappa shape index (κ1) is 30.1. The van der Waals surface area contributed by atoms with Gasteiger partial charge in [0.2, 0.25) is 0 Å². The van der Waals surface area contributed by atoms with Crippen molar-refractivity contribution in [3.63, 3.8) is 0 Å². The second-order valence-electron chi connectivity index (χ2n) is 6.74. The van der Waals surface area contributed by atoms with Gasteiger partial charge >= 0.3 is 0 Å². The predicted octanol–water partition coefficient (Wildman–Crippen LogP) is 1.92. The van der Waals surface area contributed by atoms with E-state index >= 15 is 0 Å². The molecule has 0 aliphatic carbocycles.